The van der Waals surface area contributed by atoms with Crippen molar-refractivity contribution < 1.29 is 24.1 Å². The molecule has 0 spiro atoms. The van der Waals surface area contributed by atoms with Gasteiger partial charge in [-0.1, -0.05) is 30.3 Å². The van der Waals surface area contributed by atoms with Gasteiger partial charge in [-0.2, -0.15) is 0 Å². The molecule has 0 radical (unpaired) electrons. The average Bonchev–Trinajstić information content (AvgIpc) is 2.55. The van der Waals surface area contributed by atoms with Crippen molar-refractivity contribution in [2.45, 2.75) is 19.6 Å². The number of hydrogen-bond acceptors (Lipinski definition) is 4. The highest BCUT2D eigenvalue weighted by molar-refractivity contribution is 5.91. The van der Waals surface area contributed by atoms with Gasteiger partial charge in [0.15, 0.2) is 0 Å². The molecule has 0 unspecified atom stereocenters. The van der Waals surface area contributed by atoms with E-state index in [1.165, 1.54) is 6.07 Å². The molecular formula is C18H20O5. The molecule has 0 aromatic heterocycles. The number of carbonyl (C=O) groups is 1. The van der Waals surface area contributed by atoms with Gasteiger partial charge in [-0.15, -0.1) is 0 Å². The van der Waals surface area contributed by atoms with Gasteiger partial charge in [0.05, 0.1) is 6.61 Å². The summed E-state index contributed by atoms with van der Waals surface area (Å²) in [6.45, 7) is 2.57. The van der Waals surface area contributed by atoms with Crippen LogP contribution in [-0.2, 0) is 11.3 Å². The van der Waals surface area contributed by atoms with E-state index in [9.17, 15) is 9.90 Å². The zero-order chi connectivity index (χ0) is 16.7. The van der Waals surface area contributed by atoms with Crippen LogP contribution in [0.2, 0.25) is 0 Å². The number of methoxy groups -OCH3 is 1. The maximum atomic E-state index is 11.4. The molecule has 0 aliphatic heterocycles. The molecule has 2 aromatic rings. The van der Waals surface area contributed by atoms with E-state index in [0.29, 0.717) is 24.7 Å². The molecule has 5 heteroatoms. The Bertz CT molecular complexity index is 639. The van der Waals surface area contributed by atoms with Gasteiger partial charge in [0.2, 0.25) is 0 Å². The van der Waals surface area contributed by atoms with Gasteiger partial charge < -0.3 is 19.3 Å². The summed E-state index contributed by atoms with van der Waals surface area (Å²) in [5, 5.41) is 9.35. The highest BCUT2D eigenvalue weighted by Gasteiger charge is 2.15. The Hall–Kier alpha value is -2.53. The minimum atomic E-state index is -1.06. The molecule has 0 saturated carbocycles. The number of benzene rings is 2. The van der Waals surface area contributed by atoms with Gasteiger partial charge in [0.25, 0.3) is 0 Å². The molecule has 2 rings (SSSR count). The van der Waals surface area contributed by atoms with E-state index in [-0.39, 0.29) is 11.7 Å². The van der Waals surface area contributed by atoms with Gasteiger partial charge in [0.1, 0.15) is 29.8 Å². The number of rotatable bonds is 8. The molecular weight excluding hydrogens is 296 g/mol. The summed E-state index contributed by atoms with van der Waals surface area (Å²) < 4.78 is 16.2. The lowest BCUT2D eigenvalue weighted by Crippen LogP contribution is -2.19. The van der Waals surface area contributed by atoms with Crippen molar-refractivity contribution in [3.8, 4) is 11.5 Å². The fraction of sp³-hybridized carbons (Fsp3) is 0.278. The standard InChI is InChI=1S/C18H20O5/c1-13(11-21-2)23-17-9-8-15(10-16(17)18(19)20)22-12-14-6-4-3-5-7-14/h3-10,13H,11-12H2,1-2H3,(H,19,20)/t13-/m1/s1. The van der Waals surface area contributed by atoms with Crippen molar-refractivity contribution in [2.75, 3.05) is 13.7 Å². The summed E-state index contributed by atoms with van der Waals surface area (Å²) in [6.07, 6.45) is -0.241. The fourth-order valence-electron chi connectivity index (χ4n) is 2.10. The Morgan fingerprint density at radius 1 is 1.17 bits per heavy atom. The monoisotopic (exact) mass is 316 g/mol. The van der Waals surface area contributed by atoms with E-state index in [4.69, 9.17) is 14.2 Å². The maximum Gasteiger partial charge on any atom is 0.339 e. The Kier molecular flexibility index (Phi) is 6.00. The highest BCUT2D eigenvalue weighted by atomic mass is 16.5. The topological polar surface area (TPSA) is 65.0 Å². The summed E-state index contributed by atoms with van der Waals surface area (Å²) in [5.41, 5.74) is 1.08. The highest BCUT2D eigenvalue weighted by Crippen LogP contribution is 2.26. The largest absolute Gasteiger partial charge is 0.489 e. The van der Waals surface area contributed by atoms with E-state index < -0.39 is 5.97 Å². The van der Waals surface area contributed by atoms with Crippen LogP contribution in [-0.4, -0.2) is 30.9 Å². The maximum absolute atomic E-state index is 11.4. The van der Waals surface area contributed by atoms with Crippen molar-refractivity contribution in [3.05, 3.63) is 59.7 Å². The quantitative estimate of drug-likeness (QED) is 0.809. The minimum absolute atomic E-state index is 0.0681. The van der Waals surface area contributed by atoms with E-state index in [2.05, 4.69) is 0 Å². The molecule has 0 aliphatic rings. The third-order valence-corrected chi connectivity index (χ3v) is 3.16. The van der Waals surface area contributed by atoms with E-state index in [1.807, 2.05) is 37.3 Å². The van der Waals surface area contributed by atoms with Crippen LogP contribution >= 0.6 is 0 Å². The van der Waals surface area contributed by atoms with Crippen molar-refractivity contribution in [2.24, 2.45) is 0 Å². The predicted octanol–water partition coefficient (Wildman–Crippen LogP) is 3.38. The van der Waals surface area contributed by atoms with Crippen LogP contribution in [0.25, 0.3) is 0 Å². The van der Waals surface area contributed by atoms with Crippen LogP contribution in [0.5, 0.6) is 11.5 Å². The van der Waals surface area contributed by atoms with Crippen molar-refractivity contribution in [1.82, 2.24) is 0 Å². The zero-order valence-electron chi connectivity index (χ0n) is 13.2. The van der Waals surface area contributed by atoms with Crippen LogP contribution < -0.4 is 9.47 Å². The molecule has 122 valence electrons. The molecule has 0 amide bonds. The van der Waals surface area contributed by atoms with Crippen LogP contribution in [0.15, 0.2) is 48.5 Å². The molecule has 5 nitrogen and oxygen atoms in total. The van der Waals surface area contributed by atoms with Gasteiger partial charge in [-0.3, -0.25) is 0 Å². The van der Waals surface area contributed by atoms with Crippen molar-refractivity contribution in [1.29, 1.82) is 0 Å². The van der Waals surface area contributed by atoms with Crippen LogP contribution in [0, 0.1) is 0 Å². The Balaban J connectivity index is 2.10. The van der Waals surface area contributed by atoms with Crippen LogP contribution in [0.3, 0.4) is 0 Å². The smallest absolute Gasteiger partial charge is 0.339 e. The fourth-order valence-corrected chi connectivity index (χ4v) is 2.10. The van der Waals surface area contributed by atoms with Gasteiger partial charge >= 0.3 is 5.97 Å². The summed E-state index contributed by atoms with van der Waals surface area (Å²) in [7, 11) is 1.57. The number of carboxylic acid groups (broad SMARTS) is 1. The third-order valence-electron chi connectivity index (χ3n) is 3.16. The van der Waals surface area contributed by atoms with E-state index in [0.717, 1.165) is 5.56 Å². The SMILES string of the molecule is COC[C@@H](C)Oc1ccc(OCc2ccccc2)cc1C(=O)O. The Labute approximate surface area is 135 Å². The van der Waals surface area contributed by atoms with Gasteiger partial charge in [-0.25, -0.2) is 4.79 Å². The summed E-state index contributed by atoms with van der Waals surface area (Å²) >= 11 is 0. The Morgan fingerprint density at radius 3 is 2.57 bits per heavy atom. The molecule has 2 aromatic carbocycles. The molecule has 1 N–H and O–H groups in total. The first kappa shape index (κ1) is 16.8. The molecule has 1 atom stereocenters. The zero-order valence-corrected chi connectivity index (χ0v) is 13.2. The summed E-state index contributed by atoms with van der Waals surface area (Å²) in [6, 6.07) is 14.5. The normalized spacial score (nSPS) is 11.7. The van der Waals surface area contributed by atoms with Crippen LogP contribution in [0.1, 0.15) is 22.8 Å². The number of hydrogen-bond donors (Lipinski definition) is 1. The minimum Gasteiger partial charge on any atom is -0.489 e. The lowest BCUT2D eigenvalue weighted by Gasteiger charge is -2.16. The van der Waals surface area contributed by atoms with E-state index in [1.54, 1.807) is 19.2 Å². The second-order valence-electron chi connectivity index (χ2n) is 5.12. The average molecular weight is 316 g/mol. The lowest BCUT2D eigenvalue weighted by molar-refractivity contribution is 0.0673. The molecule has 23 heavy (non-hydrogen) atoms. The molecule has 0 heterocycles. The van der Waals surface area contributed by atoms with Crippen molar-refractivity contribution in [3.63, 3.8) is 0 Å². The lowest BCUT2D eigenvalue weighted by atomic mass is 10.2. The molecule has 0 bridgehead atoms. The van der Waals surface area contributed by atoms with Gasteiger partial charge in [0, 0.05) is 7.11 Å². The first-order chi connectivity index (χ1) is 11.1. The number of carboxylic acids is 1. The third kappa shape index (κ3) is 5.00. The molecule has 0 fully saturated rings. The summed E-state index contributed by atoms with van der Waals surface area (Å²) in [4.78, 5) is 11.4. The van der Waals surface area contributed by atoms with Crippen molar-refractivity contribution >= 4 is 5.97 Å². The summed E-state index contributed by atoms with van der Waals surface area (Å²) in [5.74, 6) is -0.276. The number of ether oxygens (including phenoxy) is 3. The van der Waals surface area contributed by atoms with Gasteiger partial charge in [-0.05, 0) is 30.7 Å². The van der Waals surface area contributed by atoms with E-state index >= 15 is 0 Å². The second kappa shape index (κ2) is 8.19. The predicted molar refractivity (Wildman–Crippen MR) is 86.1 cm³/mol. The van der Waals surface area contributed by atoms with Crippen LogP contribution in [0.4, 0.5) is 0 Å². The number of aromatic carboxylic acids is 1. The second-order valence-corrected chi connectivity index (χ2v) is 5.12. The first-order valence-electron chi connectivity index (χ1n) is 7.30. The molecule has 0 aliphatic carbocycles. The first-order valence-corrected chi connectivity index (χ1v) is 7.30. The molecule has 0 saturated heterocycles. The Morgan fingerprint density at radius 2 is 1.91 bits per heavy atom.